The molecule has 1 aromatic carbocycles. The van der Waals surface area contributed by atoms with Gasteiger partial charge in [0.2, 0.25) is 0 Å². The molecule has 0 aliphatic heterocycles. The fourth-order valence-corrected chi connectivity index (χ4v) is 1.74. The summed E-state index contributed by atoms with van der Waals surface area (Å²) in [7, 11) is 1.40. The number of methoxy groups -OCH3 is 1. The van der Waals surface area contributed by atoms with Crippen molar-refractivity contribution < 1.29 is 29.3 Å². The lowest BCUT2D eigenvalue weighted by Gasteiger charge is -2.11. The molecular formula is C13H12O6. The minimum atomic E-state index is -1.28. The topological polar surface area (TPSA) is 100 Å². The molecule has 1 heterocycles. The number of carboxylic acids is 1. The van der Waals surface area contributed by atoms with Crippen LogP contribution in [0.1, 0.15) is 27.8 Å². The standard InChI is InChI=1S/C13H12O6/c1-18-10-3-2-7(6-9(10)14)11(15)12-8(13(16)17)4-5-19-12/h2-6,11,14-15H,1H3,(H,16,17). The van der Waals surface area contributed by atoms with Gasteiger partial charge in [0.15, 0.2) is 17.3 Å². The first-order valence-corrected chi connectivity index (χ1v) is 5.40. The lowest BCUT2D eigenvalue weighted by atomic mass is 10.0. The fourth-order valence-electron chi connectivity index (χ4n) is 1.74. The number of furan rings is 1. The van der Waals surface area contributed by atoms with E-state index in [9.17, 15) is 15.0 Å². The number of aromatic carboxylic acids is 1. The highest BCUT2D eigenvalue weighted by molar-refractivity contribution is 5.88. The van der Waals surface area contributed by atoms with E-state index in [0.29, 0.717) is 5.56 Å². The summed E-state index contributed by atoms with van der Waals surface area (Å²) in [5.41, 5.74) is 0.179. The van der Waals surface area contributed by atoms with Crippen LogP contribution in [-0.4, -0.2) is 28.4 Å². The van der Waals surface area contributed by atoms with Gasteiger partial charge in [-0.25, -0.2) is 4.79 Å². The fraction of sp³-hybridized carbons (Fsp3) is 0.154. The normalized spacial score (nSPS) is 12.1. The van der Waals surface area contributed by atoms with E-state index >= 15 is 0 Å². The van der Waals surface area contributed by atoms with Crippen molar-refractivity contribution in [2.45, 2.75) is 6.10 Å². The number of hydrogen-bond acceptors (Lipinski definition) is 5. The van der Waals surface area contributed by atoms with Crippen LogP contribution < -0.4 is 4.74 Å². The van der Waals surface area contributed by atoms with Crippen LogP contribution in [0.5, 0.6) is 11.5 Å². The molecule has 0 amide bonds. The first-order chi connectivity index (χ1) is 9.04. The molecule has 2 rings (SSSR count). The van der Waals surface area contributed by atoms with Gasteiger partial charge in [0.1, 0.15) is 11.7 Å². The molecule has 0 bridgehead atoms. The number of phenols is 1. The summed E-state index contributed by atoms with van der Waals surface area (Å²) < 4.78 is 9.88. The van der Waals surface area contributed by atoms with Crippen molar-refractivity contribution in [3.05, 3.63) is 47.4 Å². The summed E-state index contributed by atoms with van der Waals surface area (Å²) in [5, 5.41) is 28.7. The van der Waals surface area contributed by atoms with Crippen molar-refractivity contribution in [2.24, 2.45) is 0 Å². The van der Waals surface area contributed by atoms with Crippen LogP contribution >= 0.6 is 0 Å². The predicted molar refractivity (Wildman–Crippen MR) is 64.4 cm³/mol. The number of ether oxygens (including phenoxy) is 1. The third kappa shape index (κ3) is 2.38. The lowest BCUT2D eigenvalue weighted by molar-refractivity contribution is 0.0687. The molecule has 0 fully saturated rings. The van der Waals surface area contributed by atoms with Crippen molar-refractivity contribution in [1.29, 1.82) is 0 Å². The summed E-state index contributed by atoms with van der Waals surface area (Å²) in [4.78, 5) is 10.9. The Kier molecular flexibility index (Phi) is 3.43. The SMILES string of the molecule is COc1ccc(C(O)c2occc2C(=O)O)cc1O. The second-order valence-electron chi connectivity index (χ2n) is 3.84. The molecule has 0 saturated carbocycles. The lowest BCUT2D eigenvalue weighted by Crippen LogP contribution is -2.05. The number of rotatable bonds is 4. The average Bonchev–Trinajstić information content (AvgIpc) is 2.87. The Labute approximate surface area is 108 Å². The molecule has 6 heteroatoms. The van der Waals surface area contributed by atoms with E-state index in [1.54, 1.807) is 0 Å². The number of carbonyl (C=O) groups is 1. The number of hydrogen-bond donors (Lipinski definition) is 3. The Bertz CT molecular complexity index is 601. The molecule has 1 unspecified atom stereocenters. The zero-order valence-electron chi connectivity index (χ0n) is 10.0. The Balaban J connectivity index is 2.38. The number of aromatic hydroxyl groups is 1. The van der Waals surface area contributed by atoms with E-state index in [2.05, 4.69) is 0 Å². The molecule has 0 aliphatic rings. The average molecular weight is 264 g/mol. The number of phenolic OH excluding ortho intramolecular Hbond substituents is 1. The largest absolute Gasteiger partial charge is 0.504 e. The van der Waals surface area contributed by atoms with Gasteiger partial charge in [-0.3, -0.25) is 0 Å². The first kappa shape index (κ1) is 13.0. The zero-order valence-corrected chi connectivity index (χ0v) is 10.0. The van der Waals surface area contributed by atoms with Crippen molar-refractivity contribution in [1.82, 2.24) is 0 Å². The molecule has 1 aromatic heterocycles. The van der Waals surface area contributed by atoms with Crippen LogP contribution in [0.2, 0.25) is 0 Å². The molecule has 19 heavy (non-hydrogen) atoms. The number of benzene rings is 1. The Morgan fingerprint density at radius 1 is 1.37 bits per heavy atom. The van der Waals surface area contributed by atoms with Gasteiger partial charge in [-0.1, -0.05) is 6.07 Å². The van der Waals surface area contributed by atoms with Crippen LogP contribution in [-0.2, 0) is 0 Å². The van der Waals surface area contributed by atoms with Crippen molar-refractivity contribution in [3.8, 4) is 11.5 Å². The molecule has 0 spiro atoms. The molecule has 2 aromatic rings. The van der Waals surface area contributed by atoms with Crippen molar-refractivity contribution in [3.63, 3.8) is 0 Å². The quantitative estimate of drug-likeness (QED) is 0.778. The molecule has 3 N–H and O–H groups in total. The van der Waals surface area contributed by atoms with Crippen molar-refractivity contribution >= 4 is 5.97 Å². The maximum absolute atomic E-state index is 10.9. The molecule has 1 atom stereocenters. The molecular weight excluding hydrogens is 252 g/mol. The van der Waals surface area contributed by atoms with Crippen LogP contribution in [0.4, 0.5) is 0 Å². The maximum Gasteiger partial charge on any atom is 0.339 e. The highest BCUT2D eigenvalue weighted by Gasteiger charge is 2.23. The molecule has 6 nitrogen and oxygen atoms in total. The van der Waals surface area contributed by atoms with E-state index < -0.39 is 12.1 Å². The Morgan fingerprint density at radius 3 is 2.68 bits per heavy atom. The monoisotopic (exact) mass is 264 g/mol. The van der Waals surface area contributed by atoms with E-state index in [1.807, 2.05) is 0 Å². The molecule has 100 valence electrons. The maximum atomic E-state index is 10.9. The van der Waals surface area contributed by atoms with Gasteiger partial charge in [-0.2, -0.15) is 0 Å². The third-order valence-electron chi connectivity index (χ3n) is 2.69. The second kappa shape index (κ2) is 5.03. The minimum absolute atomic E-state index is 0.0860. The summed E-state index contributed by atoms with van der Waals surface area (Å²) in [6.45, 7) is 0. The number of carboxylic acid groups (broad SMARTS) is 1. The van der Waals surface area contributed by atoms with Crippen molar-refractivity contribution in [2.75, 3.05) is 7.11 Å². The van der Waals surface area contributed by atoms with Gasteiger partial charge in [0.25, 0.3) is 0 Å². The zero-order chi connectivity index (χ0) is 14.0. The smallest absolute Gasteiger partial charge is 0.339 e. The minimum Gasteiger partial charge on any atom is -0.504 e. The van der Waals surface area contributed by atoms with E-state index in [0.717, 1.165) is 0 Å². The van der Waals surface area contributed by atoms with Crippen LogP contribution in [0.3, 0.4) is 0 Å². The molecule has 0 aliphatic carbocycles. The predicted octanol–water partition coefficient (Wildman–Crippen LogP) is 1.77. The summed E-state index contributed by atoms with van der Waals surface area (Å²) in [6, 6.07) is 5.52. The van der Waals surface area contributed by atoms with Crippen LogP contribution in [0.15, 0.2) is 34.9 Å². The van der Waals surface area contributed by atoms with Gasteiger partial charge in [-0.05, 0) is 23.8 Å². The first-order valence-electron chi connectivity index (χ1n) is 5.40. The van der Waals surface area contributed by atoms with Gasteiger partial charge in [0.05, 0.1) is 13.4 Å². The molecule has 0 radical (unpaired) electrons. The summed E-state index contributed by atoms with van der Waals surface area (Å²) in [6.07, 6.45) is -0.0938. The van der Waals surface area contributed by atoms with Gasteiger partial charge in [0, 0.05) is 0 Å². The van der Waals surface area contributed by atoms with Gasteiger partial charge < -0.3 is 24.5 Å². The third-order valence-corrected chi connectivity index (χ3v) is 2.69. The second-order valence-corrected chi connectivity index (χ2v) is 3.84. The number of aliphatic hydroxyl groups is 1. The number of aliphatic hydroxyl groups excluding tert-OH is 1. The highest BCUT2D eigenvalue weighted by Crippen LogP contribution is 2.32. The van der Waals surface area contributed by atoms with Crippen LogP contribution in [0, 0.1) is 0 Å². The summed E-state index contributed by atoms with van der Waals surface area (Å²) >= 11 is 0. The van der Waals surface area contributed by atoms with Gasteiger partial charge in [-0.15, -0.1) is 0 Å². The molecule has 0 saturated heterocycles. The van der Waals surface area contributed by atoms with E-state index in [1.165, 1.54) is 37.6 Å². The van der Waals surface area contributed by atoms with Crippen LogP contribution in [0.25, 0.3) is 0 Å². The Morgan fingerprint density at radius 2 is 2.11 bits per heavy atom. The van der Waals surface area contributed by atoms with E-state index in [-0.39, 0.29) is 22.8 Å². The Hall–Kier alpha value is -2.47. The van der Waals surface area contributed by atoms with E-state index in [4.69, 9.17) is 14.3 Å². The van der Waals surface area contributed by atoms with Gasteiger partial charge >= 0.3 is 5.97 Å². The highest BCUT2D eigenvalue weighted by atomic mass is 16.5. The summed E-state index contributed by atoms with van der Waals surface area (Å²) in [5.74, 6) is -1.17.